The summed E-state index contributed by atoms with van der Waals surface area (Å²) in [4.78, 5) is 21.7. The standard InChI is InChI=1S/C25H37NO.C4H4O4/c1-20(2)18-26(19-21(3)4)17-9-16-25(27,23-10-7-6-8-11-23)24-14-12-22(5)13-15-24;5-3(6)1-2-4(7)8/h6-8,10-15,20-21,27H,9,16-19H2,1-5H3;1-2H,(H,5,6)(H,7,8). The average Bonchev–Trinajstić information content (AvgIpc) is 2.78. The third kappa shape index (κ3) is 11.8. The van der Waals surface area contributed by atoms with Crippen molar-refractivity contribution in [3.63, 3.8) is 0 Å². The normalized spacial score (nSPS) is 13.1. The minimum absolute atomic E-state index is 0.558. The van der Waals surface area contributed by atoms with Gasteiger partial charge in [0.1, 0.15) is 5.60 Å². The minimum atomic E-state index is -1.26. The fourth-order valence-electron chi connectivity index (χ4n) is 3.99. The largest absolute Gasteiger partial charge is 0.478 e. The Balaban J connectivity index is 0.000000658. The summed E-state index contributed by atoms with van der Waals surface area (Å²) in [5, 5.41) is 27.3. The number of aliphatic carboxylic acids is 2. The van der Waals surface area contributed by atoms with Crippen LogP contribution in [0.1, 0.15) is 57.2 Å². The summed E-state index contributed by atoms with van der Waals surface area (Å²) in [6, 6.07) is 18.4. The quantitative estimate of drug-likeness (QED) is 0.353. The highest BCUT2D eigenvalue weighted by Crippen LogP contribution is 2.34. The van der Waals surface area contributed by atoms with Crippen LogP contribution in [0.3, 0.4) is 0 Å². The Kier molecular flexibility index (Phi) is 13.0. The van der Waals surface area contributed by atoms with E-state index in [1.807, 2.05) is 30.3 Å². The summed E-state index contributed by atoms with van der Waals surface area (Å²) >= 11 is 0. The van der Waals surface area contributed by atoms with E-state index in [0.717, 1.165) is 43.6 Å². The minimum Gasteiger partial charge on any atom is -0.478 e. The highest BCUT2D eigenvalue weighted by Gasteiger charge is 2.31. The first-order chi connectivity index (χ1) is 16.4. The molecule has 1 atom stereocenters. The van der Waals surface area contributed by atoms with Crippen LogP contribution in [-0.2, 0) is 15.2 Å². The van der Waals surface area contributed by atoms with Crippen molar-refractivity contribution in [2.45, 2.75) is 53.1 Å². The van der Waals surface area contributed by atoms with Crippen LogP contribution in [0.5, 0.6) is 0 Å². The molecule has 2 aromatic rings. The molecule has 0 aliphatic rings. The van der Waals surface area contributed by atoms with Gasteiger partial charge >= 0.3 is 11.9 Å². The Morgan fingerprint density at radius 2 is 1.29 bits per heavy atom. The number of hydrogen-bond donors (Lipinski definition) is 3. The first kappa shape index (κ1) is 30.1. The molecule has 0 saturated carbocycles. The average molecular weight is 484 g/mol. The lowest BCUT2D eigenvalue weighted by molar-refractivity contribution is -0.134. The van der Waals surface area contributed by atoms with E-state index in [2.05, 4.69) is 63.8 Å². The van der Waals surface area contributed by atoms with Crippen molar-refractivity contribution in [1.82, 2.24) is 4.90 Å². The molecular formula is C29H41NO5. The molecular weight excluding hydrogens is 442 g/mol. The second-order valence-corrected chi connectivity index (χ2v) is 9.75. The van der Waals surface area contributed by atoms with Gasteiger partial charge < -0.3 is 20.2 Å². The second-order valence-electron chi connectivity index (χ2n) is 9.75. The number of carbonyl (C=O) groups is 2. The van der Waals surface area contributed by atoms with Crippen LogP contribution in [0, 0.1) is 18.8 Å². The number of aryl methyl sites for hydroxylation is 1. The predicted octanol–water partition coefficient (Wildman–Crippen LogP) is 5.34. The van der Waals surface area contributed by atoms with Crippen molar-refractivity contribution in [2.24, 2.45) is 11.8 Å². The molecule has 0 bridgehead atoms. The van der Waals surface area contributed by atoms with Crippen molar-refractivity contribution in [3.8, 4) is 0 Å². The van der Waals surface area contributed by atoms with Gasteiger partial charge in [-0.2, -0.15) is 0 Å². The number of nitrogens with zero attached hydrogens (tertiary/aromatic N) is 1. The maximum atomic E-state index is 11.7. The SMILES string of the molecule is Cc1ccc(C(O)(CCCN(CC(C)C)CC(C)C)c2ccccc2)cc1.O=C(O)C=CC(=O)O. The van der Waals surface area contributed by atoms with Crippen LogP contribution in [0.4, 0.5) is 0 Å². The van der Waals surface area contributed by atoms with Gasteiger partial charge in [0.2, 0.25) is 0 Å². The van der Waals surface area contributed by atoms with E-state index >= 15 is 0 Å². The monoisotopic (exact) mass is 483 g/mol. The first-order valence-electron chi connectivity index (χ1n) is 12.1. The Morgan fingerprint density at radius 3 is 1.71 bits per heavy atom. The third-order valence-electron chi connectivity index (χ3n) is 5.41. The fourth-order valence-corrected chi connectivity index (χ4v) is 3.99. The van der Waals surface area contributed by atoms with E-state index in [1.54, 1.807) is 0 Å². The topological polar surface area (TPSA) is 98.1 Å². The summed E-state index contributed by atoms with van der Waals surface area (Å²) in [5.74, 6) is -1.19. The number of aliphatic hydroxyl groups is 1. The Bertz CT molecular complexity index is 896. The lowest BCUT2D eigenvalue weighted by Crippen LogP contribution is -2.34. The van der Waals surface area contributed by atoms with Gasteiger partial charge in [0.25, 0.3) is 0 Å². The molecule has 0 radical (unpaired) electrons. The molecule has 6 nitrogen and oxygen atoms in total. The van der Waals surface area contributed by atoms with Gasteiger partial charge in [-0.05, 0) is 49.3 Å². The molecule has 0 spiro atoms. The number of carboxylic acid groups (broad SMARTS) is 2. The molecule has 3 N–H and O–H groups in total. The maximum absolute atomic E-state index is 11.7. The summed E-state index contributed by atoms with van der Waals surface area (Å²) in [6.07, 6.45) is 2.82. The van der Waals surface area contributed by atoms with Crippen molar-refractivity contribution in [1.29, 1.82) is 0 Å². The van der Waals surface area contributed by atoms with Gasteiger partial charge in [0.05, 0.1) is 0 Å². The summed E-state index contributed by atoms with van der Waals surface area (Å²) in [5.41, 5.74) is 2.25. The molecule has 0 amide bonds. The number of benzene rings is 2. The Labute approximate surface area is 209 Å². The number of rotatable bonds is 12. The van der Waals surface area contributed by atoms with Crippen molar-refractivity contribution in [3.05, 3.63) is 83.4 Å². The van der Waals surface area contributed by atoms with Crippen molar-refractivity contribution >= 4 is 11.9 Å². The van der Waals surface area contributed by atoms with E-state index in [-0.39, 0.29) is 0 Å². The van der Waals surface area contributed by atoms with Crippen LogP contribution in [0.15, 0.2) is 66.7 Å². The summed E-state index contributed by atoms with van der Waals surface area (Å²) in [7, 11) is 0. The smallest absolute Gasteiger partial charge is 0.328 e. The summed E-state index contributed by atoms with van der Waals surface area (Å²) in [6.45, 7) is 14.5. The number of hydrogen-bond acceptors (Lipinski definition) is 4. The number of carboxylic acids is 2. The highest BCUT2D eigenvalue weighted by molar-refractivity contribution is 5.89. The first-order valence-corrected chi connectivity index (χ1v) is 12.1. The van der Waals surface area contributed by atoms with Gasteiger partial charge in [0.15, 0.2) is 0 Å². The molecule has 0 aliphatic carbocycles. The zero-order chi connectivity index (χ0) is 26.4. The van der Waals surface area contributed by atoms with Crippen molar-refractivity contribution in [2.75, 3.05) is 19.6 Å². The highest BCUT2D eigenvalue weighted by atomic mass is 16.4. The van der Waals surface area contributed by atoms with E-state index in [1.165, 1.54) is 5.56 Å². The molecule has 0 heterocycles. The van der Waals surface area contributed by atoms with Gasteiger partial charge in [-0.25, -0.2) is 9.59 Å². The van der Waals surface area contributed by atoms with Crippen LogP contribution in [0.25, 0.3) is 0 Å². The molecule has 2 aromatic carbocycles. The van der Waals surface area contributed by atoms with E-state index in [9.17, 15) is 14.7 Å². The Hall–Kier alpha value is -2.96. The van der Waals surface area contributed by atoms with E-state index < -0.39 is 17.5 Å². The fraction of sp³-hybridized carbons (Fsp3) is 0.448. The zero-order valence-corrected chi connectivity index (χ0v) is 21.6. The van der Waals surface area contributed by atoms with Gasteiger partial charge in [-0.15, -0.1) is 0 Å². The van der Waals surface area contributed by atoms with Crippen LogP contribution in [0.2, 0.25) is 0 Å². The molecule has 0 aliphatic heterocycles. The summed E-state index contributed by atoms with van der Waals surface area (Å²) < 4.78 is 0. The predicted molar refractivity (Wildman–Crippen MR) is 140 cm³/mol. The van der Waals surface area contributed by atoms with Crippen LogP contribution < -0.4 is 0 Å². The van der Waals surface area contributed by atoms with E-state index in [4.69, 9.17) is 10.2 Å². The van der Waals surface area contributed by atoms with Crippen molar-refractivity contribution < 1.29 is 24.9 Å². The molecule has 0 fully saturated rings. The lowest BCUT2D eigenvalue weighted by Gasteiger charge is -2.32. The lowest BCUT2D eigenvalue weighted by atomic mass is 9.82. The van der Waals surface area contributed by atoms with Gasteiger partial charge in [-0.3, -0.25) is 0 Å². The molecule has 1 unspecified atom stereocenters. The zero-order valence-electron chi connectivity index (χ0n) is 21.6. The van der Waals surface area contributed by atoms with E-state index in [0.29, 0.717) is 24.0 Å². The van der Waals surface area contributed by atoms with Crippen LogP contribution >= 0.6 is 0 Å². The maximum Gasteiger partial charge on any atom is 0.328 e. The molecule has 0 saturated heterocycles. The van der Waals surface area contributed by atoms with Gasteiger partial charge in [-0.1, -0.05) is 87.9 Å². The van der Waals surface area contributed by atoms with Crippen LogP contribution in [-0.4, -0.2) is 51.8 Å². The van der Waals surface area contributed by atoms with Gasteiger partial charge in [0, 0.05) is 25.2 Å². The molecule has 0 aromatic heterocycles. The molecule has 192 valence electrons. The second kappa shape index (κ2) is 15.1. The Morgan fingerprint density at radius 1 is 0.829 bits per heavy atom. The molecule has 35 heavy (non-hydrogen) atoms. The molecule has 2 rings (SSSR count). The molecule has 6 heteroatoms. The third-order valence-corrected chi connectivity index (χ3v) is 5.41.